The summed E-state index contributed by atoms with van der Waals surface area (Å²) in [4.78, 5) is 98.6. The number of unbranched alkanes of at least 4 members (excludes halogenated alkanes) is 5. The van der Waals surface area contributed by atoms with Crippen LogP contribution >= 0.6 is 0 Å². The second-order valence-electron chi connectivity index (χ2n) is 26.5. The highest BCUT2D eigenvalue weighted by atomic mass is 32.2. The summed E-state index contributed by atoms with van der Waals surface area (Å²) in [5.74, 6) is -6.46. The van der Waals surface area contributed by atoms with Crippen molar-refractivity contribution in [1.82, 2.24) is 26.6 Å². The van der Waals surface area contributed by atoms with Gasteiger partial charge in [0, 0.05) is 86.2 Å². The number of nitrogens with one attached hydrogen (secondary N) is 5. The van der Waals surface area contributed by atoms with Gasteiger partial charge in [-0.1, -0.05) is 55.3 Å². The van der Waals surface area contributed by atoms with Crippen molar-refractivity contribution >= 4 is 95.1 Å². The van der Waals surface area contributed by atoms with E-state index in [2.05, 4.69) is 40.4 Å². The molecule has 3 aromatic rings. The Kier molecular flexibility index (Phi) is 31.2. The average Bonchev–Trinajstić information content (AvgIpc) is 1.60. The second kappa shape index (κ2) is 38.6. The molecule has 1 unspecified atom stereocenters. The fourth-order valence-electron chi connectivity index (χ4n) is 13.0. The van der Waals surface area contributed by atoms with Crippen molar-refractivity contribution in [3.8, 4) is 5.75 Å². The summed E-state index contributed by atoms with van der Waals surface area (Å²) >= 11 is 0. The molecule has 0 saturated carbocycles. The minimum Gasteiger partial charge on any atom is -0.481 e. The Balaban J connectivity index is 1.04. The highest BCUT2D eigenvalue weighted by molar-refractivity contribution is 7.86. The molecule has 12 N–H and O–H groups in total. The van der Waals surface area contributed by atoms with Gasteiger partial charge in [0.15, 0.2) is 5.71 Å². The molecule has 0 fully saturated rings. The van der Waals surface area contributed by atoms with Gasteiger partial charge in [0.2, 0.25) is 23.4 Å². The van der Waals surface area contributed by atoms with Crippen LogP contribution in [0.2, 0.25) is 0 Å². The number of carbonyl (C=O) groups is 8. The van der Waals surface area contributed by atoms with E-state index in [1.165, 1.54) is 24.3 Å². The van der Waals surface area contributed by atoms with Gasteiger partial charge in [0.25, 0.3) is 30.4 Å². The predicted octanol–water partition coefficient (Wildman–Crippen LogP) is 8.25. The number of carboxylic acid groups (broad SMARTS) is 4. The molecule has 5 amide bonds. The Morgan fingerprint density at radius 1 is 0.573 bits per heavy atom. The zero-order valence-electron chi connectivity index (χ0n) is 58.1. The SMILES string of the molecule is CC1(C)C(C=CC2=C(Oc3ccc(S(=O)(=O)O)cc3)C(=CC=C3N(CCCS(=O)(=O)O)c4ccccc4C3(C)CCCC(=O)NCCCC[C@H](NC(=O)CCCCCCC(=O)NCCCC[C@H](NC(=O)N[C@@H](CCC(=O)O)C(=O)O)C(=O)O)C(=O)O)CCC2)=[N+](CCCS(=O)(=O)O)c2ccccc21. The van der Waals surface area contributed by atoms with E-state index in [-0.39, 0.29) is 100 Å². The van der Waals surface area contributed by atoms with E-state index in [4.69, 9.17) is 9.84 Å². The first-order valence-corrected chi connectivity index (χ1v) is 39.1. The lowest BCUT2D eigenvalue weighted by Gasteiger charge is -2.31. The molecule has 0 saturated heterocycles. The van der Waals surface area contributed by atoms with Gasteiger partial charge in [-0.3, -0.25) is 32.8 Å². The van der Waals surface area contributed by atoms with E-state index in [0.29, 0.717) is 82.8 Å². The topological polar surface area (TPSA) is 456 Å². The number of benzene rings is 3. The van der Waals surface area contributed by atoms with Crippen LogP contribution in [0.1, 0.15) is 173 Å². The van der Waals surface area contributed by atoms with Crippen molar-refractivity contribution in [2.75, 3.05) is 42.6 Å². The van der Waals surface area contributed by atoms with Crippen LogP contribution in [0.4, 0.5) is 16.2 Å². The molecule has 0 aromatic heterocycles. The summed E-state index contributed by atoms with van der Waals surface area (Å²) in [5.41, 5.74) is 5.47. The monoisotopic (exact) mass is 1490 g/mol. The number of allylic oxidation sites excluding steroid dienone is 7. The minimum absolute atomic E-state index is 0.0290. The number of hydrogen-bond acceptors (Lipinski definition) is 16. The average molecular weight is 1500 g/mol. The van der Waals surface area contributed by atoms with Crippen LogP contribution in [0.25, 0.3) is 0 Å². The Morgan fingerprint density at radius 2 is 1.12 bits per heavy atom. The maximum Gasteiger partial charge on any atom is 0.326 e. The number of urea groups is 1. The fourth-order valence-corrected chi connectivity index (χ4v) is 14.5. The van der Waals surface area contributed by atoms with E-state index >= 15 is 0 Å². The highest BCUT2D eigenvalue weighted by Gasteiger charge is 2.45. The Labute approximate surface area is 600 Å². The molecule has 0 radical (unpaired) electrons. The van der Waals surface area contributed by atoms with Crippen LogP contribution in [0.5, 0.6) is 5.75 Å². The third kappa shape index (κ3) is 26.1. The number of fused-ring (bicyclic) bond motifs is 2. The highest BCUT2D eigenvalue weighted by Crippen LogP contribution is 2.51. The van der Waals surface area contributed by atoms with E-state index in [0.717, 1.165) is 45.1 Å². The third-order valence-electron chi connectivity index (χ3n) is 18.3. The summed E-state index contributed by atoms with van der Waals surface area (Å²) < 4.78 is 110. The molecule has 1 aliphatic carbocycles. The number of aliphatic carboxylic acids is 4. The van der Waals surface area contributed by atoms with E-state index in [9.17, 15) is 92.6 Å². The van der Waals surface area contributed by atoms with Gasteiger partial charge in [0.05, 0.1) is 21.8 Å². The number of carbonyl (C=O) groups excluding carboxylic acids is 4. The number of carboxylic acids is 4. The lowest BCUT2D eigenvalue weighted by molar-refractivity contribution is -0.437. The Bertz CT molecular complexity index is 4080. The van der Waals surface area contributed by atoms with Crippen LogP contribution in [0.3, 0.4) is 0 Å². The minimum atomic E-state index is -4.54. The predicted molar refractivity (Wildman–Crippen MR) is 382 cm³/mol. The molecule has 103 heavy (non-hydrogen) atoms. The van der Waals surface area contributed by atoms with Crippen molar-refractivity contribution in [3.63, 3.8) is 0 Å². The Hall–Kier alpha value is -8.82. The van der Waals surface area contributed by atoms with Gasteiger partial charge in [-0.05, 0) is 176 Å². The molecule has 32 heteroatoms. The molecule has 0 bridgehead atoms. The van der Waals surface area contributed by atoms with E-state index in [1.54, 1.807) is 0 Å². The maximum atomic E-state index is 13.5. The van der Waals surface area contributed by atoms with Crippen LogP contribution in [0.15, 0.2) is 125 Å². The number of ether oxygens (including phenoxy) is 1. The standard InChI is InChI=1S/C71H95N7O22S3/c1-70(2)52-22-8-10-26-57(52)77(44-18-46-101(91,92)93)59(70)38-31-48-20-16-21-49(65(48)100-50-33-35-51(36-34-50)103(97,98)99)32-39-60-71(3,53-23-9-11-27-58(53)78(60)45-19-47-102(94,95)96)41-17-30-62(80)73-43-14-12-24-54(66(84)85)74-63(81)29-7-5-4-6-28-61(79)72-42-15-13-25-55(67(86)87)75-69(90)76-56(68(88)89)37-40-64(82)83/h8-11,22-23,26-27,31-36,38-39,54-56H,4-7,12-21,24-25,28-30,37,40-47H2,1-3H3,(H11-,72,73,74,75,76,79,80,81,82,83,84,85,86,87,88,89,90,91,92,93,94,95,96,97,98,99)/p+1/t54-,55-,56-,71?/m0/s1. The molecular weight excluding hydrogens is 1400 g/mol. The van der Waals surface area contributed by atoms with Crippen molar-refractivity contribution in [1.29, 1.82) is 0 Å². The molecule has 2 aliphatic heterocycles. The second-order valence-corrected chi connectivity index (χ2v) is 31.1. The molecular formula is C71H96N7O22S3+. The normalized spacial score (nSPS) is 17.5. The van der Waals surface area contributed by atoms with Gasteiger partial charge in [-0.25, -0.2) is 19.2 Å². The molecule has 6 rings (SSSR count). The van der Waals surface area contributed by atoms with Crippen LogP contribution in [-0.4, -0.2) is 173 Å². The number of para-hydroxylation sites is 2. The fraction of sp³-hybridized carbons (Fsp3) is 0.507. The van der Waals surface area contributed by atoms with Crippen LogP contribution < -0.4 is 36.2 Å². The van der Waals surface area contributed by atoms with Gasteiger partial charge >= 0.3 is 29.9 Å². The molecule has 2 heterocycles. The van der Waals surface area contributed by atoms with Gasteiger partial charge in [-0.15, -0.1) is 0 Å². The number of nitrogens with zero attached hydrogens (tertiary/aromatic N) is 2. The molecule has 0 spiro atoms. The first-order chi connectivity index (χ1) is 48.6. The molecule has 4 atom stereocenters. The maximum absolute atomic E-state index is 13.5. The quantitative estimate of drug-likeness (QED) is 0.0144. The third-order valence-corrected chi connectivity index (χ3v) is 20.8. The zero-order valence-corrected chi connectivity index (χ0v) is 60.6. The smallest absolute Gasteiger partial charge is 0.326 e. The lowest BCUT2D eigenvalue weighted by atomic mass is 9.77. The van der Waals surface area contributed by atoms with Gasteiger partial charge in [-0.2, -0.15) is 29.8 Å². The van der Waals surface area contributed by atoms with Gasteiger partial charge < -0.3 is 56.6 Å². The van der Waals surface area contributed by atoms with E-state index < -0.39 is 119 Å². The molecule has 564 valence electrons. The first kappa shape index (κ1) is 83.1. The molecule has 3 aliphatic rings. The zero-order chi connectivity index (χ0) is 75.7. The van der Waals surface area contributed by atoms with Crippen LogP contribution in [-0.2, 0) is 74.7 Å². The number of anilines is 1. The largest absolute Gasteiger partial charge is 0.481 e. The number of rotatable bonds is 44. The van der Waals surface area contributed by atoms with Crippen molar-refractivity contribution in [2.24, 2.45) is 0 Å². The number of hydrogen-bond donors (Lipinski definition) is 12. The summed E-state index contributed by atoms with van der Waals surface area (Å²) in [7, 11) is -13.1. The van der Waals surface area contributed by atoms with Crippen molar-refractivity contribution in [3.05, 3.63) is 131 Å². The summed E-state index contributed by atoms with van der Waals surface area (Å²) in [6, 6.07) is 15.6. The Morgan fingerprint density at radius 3 is 1.70 bits per heavy atom. The first-order valence-electron chi connectivity index (χ1n) is 34.5. The summed E-state index contributed by atoms with van der Waals surface area (Å²) in [6.45, 7) is 7.12. The molecule has 29 nitrogen and oxygen atoms in total. The molecule has 3 aromatic carbocycles. The van der Waals surface area contributed by atoms with Crippen molar-refractivity contribution < 1.29 is 107 Å². The van der Waals surface area contributed by atoms with Gasteiger partial charge in [0.1, 0.15) is 36.2 Å². The summed E-state index contributed by atoms with van der Waals surface area (Å²) in [6.07, 6.45) is 13.7. The number of amides is 5. The van der Waals surface area contributed by atoms with Crippen molar-refractivity contribution in [2.45, 2.75) is 196 Å². The summed E-state index contributed by atoms with van der Waals surface area (Å²) in [5, 5.41) is 49.9. The van der Waals surface area contributed by atoms with Crippen LogP contribution in [0, 0.1) is 0 Å². The lowest BCUT2D eigenvalue weighted by Crippen LogP contribution is -2.51. The van der Waals surface area contributed by atoms with E-state index in [1.807, 2.05) is 89.2 Å².